The number of ether oxygens (including phenoxy) is 1. The van der Waals surface area contributed by atoms with Gasteiger partial charge in [-0.15, -0.1) is 0 Å². The molecule has 3 amide bonds. The number of rotatable bonds is 6. The molecule has 13 heteroatoms. The molecule has 3 rings (SSSR count). The van der Waals surface area contributed by atoms with Crippen LogP contribution in [-0.2, 0) is 11.2 Å². The number of nitrogens with one attached hydrogen (secondary N) is 3. The van der Waals surface area contributed by atoms with E-state index in [2.05, 4.69) is 57.7 Å². The fourth-order valence-corrected chi connectivity index (χ4v) is 4.96. The molecule has 0 bridgehead atoms. The summed E-state index contributed by atoms with van der Waals surface area (Å²) in [5, 5.41) is 14.6. The van der Waals surface area contributed by atoms with Gasteiger partial charge in [0, 0.05) is 26.9 Å². The maximum Gasteiger partial charge on any atom is 0.425 e. The molecule has 0 unspecified atom stereocenters. The normalized spacial score (nSPS) is 10.3. The second kappa shape index (κ2) is 11.9. The van der Waals surface area contributed by atoms with Crippen LogP contribution >= 0.6 is 43.6 Å². The van der Waals surface area contributed by atoms with E-state index < -0.39 is 17.9 Å². The number of halogens is 2. The Labute approximate surface area is 221 Å². The van der Waals surface area contributed by atoms with Crippen molar-refractivity contribution in [1.82, 2.24) is 20.4 Å². The highest BCUT2D eigenvalue weighted by molar-refractivity contribution is 9.11. The maximum absolute atomic E-state index is 13.4. The molecule has 0 fully saturated rings. The molecule has 0 aliphatic rings. The molecule has 3 aromatic rings. The van der Waals surface area contributed by atoms with Gasteiger partial charge in [-0.3, -0.25) is 19.6 Å². The Morgan fingerprint density at radius 2 is 1.94 bits per heavy atom. The summed E-state index contributed by atoms with van der Waals surface area (Å²) in [7, 11) is 1.16. The number of anilines is 1. The molecule has 2 heterocycles. The zero-order valence-electron chi connectivity index (χ0n) is 18.4. The smallest absolute Gasteiger partial charge is 0.425 e. The van der Waals surface area contributed by atoms with E-state index in [0.29, 0.717) is 26.2 Å². The number of benzene rings is 1. The summed E-state index contributed by atoms with van der Waals surface area (Å²) in [5.74, 6) is -0.708. The van der Waals surface area contributed by atoms with Crippen LogP contribution in [0.3, 0.4) is 0 Å². The van der Waals surface area contributed by atoms with Crippen molar-refractivity contribution in [3.8, 4) is 11.2 Å². The number of thiocyanates is 1. The van der Waals surface area contributed by atoms with E-state index in [0.717, 1.165) is 24.4 Å². The van der Waals surface area contributed by atoms with Crippen LogP contribution in [0, 0.1) is 10.7 Å². The number of methoxy groups -OCH3 is 1. The number of hydrogen-bond donors (Lipinski definition) is 3. The van der Waals surface area contributed by atoms with E-state index in [1.165, 1.54) is 6.07 Å². The molecule has 3 N–H and O–H groups in total. The predicted octanol–water partition coefficient (Wildman–Crippen LogP) is 4.79. The molecule has 10 nitrogen and oxygen atoms in total. The topological polar surface area (TPSA) is 138 Å². The Kier molecular flexibility index (Phi) is 8.91. The minimum absolute atomic E-state index is 0.0628. The molecule has 2 aromatic heterocycles. The van der Waals surface area contributed by atoms with Gasteiger partial charge in [-0.1, -0.05) is 28.9 Å². The standard InChI is InChI=1S/C22H18Br2N6O4S/c1-3-12-5-4-8-26-19(12)30-16(6-7-17(30)35-11-25)21(32)27-18-14(9-13(23)10-15(18)24)20(31)28-29-22(33)34-2/h4-10H,3H2,1-2H3,(H,27,32)(H,28,31)(H,29,33). The van der Waals surface area contributed by atoms with Gasteiger partial charge in [0.2, 0.25) is 0 Å². The highest BCUT2D eigenvalue weighted by Crippen LogP contribution is 2.32. The maximum atomic E-state index is 13.4. The van der Waals surface area contributed by atoms with Crippen molar-refractivity contribution in [2.75, 3.05) is 12.4 Å². The highest BCUT2D eigenvalue weighted by Gasteiger charge is 2.23. The number of thioether (sulfide) groups is 1. The SMILES string of the molecule is CCc1cccnc1-n1c(SC#N)ccc1C(=O)Nc1c(Br)cc(Br)cc1C(=O)NNC(=O)OC. The van der Waals surface area contributed by atoms with Gasteiger partial charge in [-0.25, -0.2) is 15.2 Å². The Morgan fingerprint density at radius 1 is 1.17 bits per heavy atom. The van der Waals surface area contributed by atoms with Gasteiger partial charge in [0.25, 0.3) is 11.8 Å². The monoisotopic (exact) mass is 620 g/mol. The third-order valence-electron chi connectivity index (χ3n) is 4.69. The van der Waals surface area contributed by atoms with Crippen molar-refractivity contribution in [3.63, 3.8) is 0 Å². The van der Waals surface area contributed by atoms with Crippen LogP contribution in [0.5, 0.6) is 0 Å². The summed E-state index contributed by atoms with van der Waals surface area (Å²) in [4.78, 5) is 42.0. The minimum atomic E-state index is -0.861. The fourth-order valence-electron chi connectivity index (χ4n) is 3.13. The summed E-state index contributed by atoms with van der Waals surface area (Å²) >= 11 is 7.59. The molecule has 0 saturated heterocycles. The molecule has 0 atom stereocenters. The number of carbonyl (C=O) groups excluding carboxylic acids is 3. The third kappa shape index (κ3) is 6.02. The van der Waals surface area contributed by atoms with Gasteiger partial charge in [0.15, 0.2) is 0 Å². The van der Waals surface area contributed by atoms with E-state index >= 15 is 0 Å². The highest BCUT2D eigenvalue weighted by atomic mass is 79.9. The largest absolute Gasteiger partial charge is 0.452 e. The second-order valence-corrected chi connectivity index (χ2v) is 9.34. The Morgan fingerprint density at radius 3 is 2.63 bits per heavy atom. The number of aryl methyl sites for hydroxylation is 1. The van der Waals surface area contributed by atoms with Gasteiger partial charge >= 0.3 is 6.09 Å². The molecule has 0 spiro atoms. The molecule has 35 heavy (non-hydrogen) atoms. The first-order valence-corrected chi connectivity index (χ1v) is 12.4. The number of amides is 3. The number of hydrogen-bond acceptors (Lipinski definition) is 7. The van der Waals surface area contributed by atoms with Gasteiger partial charge in [-0.05, 0) is 58.2 Å². The van der Waals surface area contributed by atoms with Crippen LogP contribution in [0.25, 0.3) is 5.82 Å². The zero-order valence-corrected chi connectivity index (χ0v) is 22.4. The predicted molar refractivity (Wildman–Crippen MR) is 137 cm³/mol. The molecule has 180 valence electrons. The summed E-state index contributed by atoms with van der Waals surface area (Å²) in [6.07, 6.45) is 1.41. The van der Waals surface area contributed by atoms with Crippen LogP contribution in [0.2, 0.25) is 0 Å². The lowest BCUT2D eigenvalue weighted by Gasteiger charge is -2.16. The van der Waals surface area contributed by atoms with Crippen molar-refractivity contribution in [2.24, 2.45) is 0 Å². The average molecular weight is 622 g/mol. The fraction of sp³-hybridized carbons (Fsp3) is 0.136. The minimum Gasteiger partial charge on any atom is -0.452 e. The number of nitrogens with zero attached hydrogens (tertiary/aromatic N) is 3. The first kappa shape index (κ1) is 26.3. The lowest BCUT2D eigenvalue weighted by molar-refractivity contribution is 0.0921. The summed E-state index contributed by atoms with van der Waals surface area (Å²) in [5.41, 5.74) is 5.64. The van der Waals surface area contributed by atoms with Gasteiger partial charge in [-0.2, -0.15) is 5.26 Å². The average Bonchev–Trinajstić information content (AvgIpc) is 3.27. The van der Waals surface area contributed by atoms with Crippen LogP contribution in [0.4, 0.5) is 10.5 Å². The van der Waals surface area contributed by atoms with E-state index in [1.807, 2.05) is 18.4 Å². The lowest BCUT2D eigenvalue weighted by atomic mass is 10.1. The molecular weight excluding hydrogens is 604 g/mol. The second-order valence-electron chi connectivity index (χ2n) is 6.76. The van der Waals surface area contributed by atoms with Crippen molar-refractivity contribution in [3.05, 3.63) is 68.4 Å². The number of pyridine rings is 1. The van der Waals surface area contributed by atoms with Gasteiger partial charge in [0.05, 0.1) is 23.4 Å². The van der Waals surface area contributed by atoms with Crippen molar-refractivity contribution in [1.29, 1.82) is 5.26 Å². The lowest BCUT2D eigenvalue weighted by Crippen LogP contribution is -2.41. The van der Waals surface area contributed by atoms with Crippen molar-refractivity contribution in [2.45, 2.75) is 18.4 Å². The zero-order chi connectivity index (χ0) is 25.5. The molecule has 0 saturated carbocycles. The molecule has 0 radical (unpaired) electrons. The van der Waals surface area contributed by atoms with Gasteiger partial charge < -0.3 is 10.1 Å². The Bertz CT molecular complexity index is 1340. The van der Waals surface area contributed by atoms with Crippen molar-refractivity contribution >= 4 is 67.2 Å². The third-order valence-corrected chi connectivity index (χ3v) is 6.39. The molecule has 1 aromatic carbocycles. The van der Waals surface area contributed by atoms with Crippen LogP contribution in [0.1, 0.15) is 33.3 Å². The van der Waals surface area contributed by atoms with Crippen LogP contribution in [0.15, 0.2) is 56.6 Å². The van der Waals surface area contributed by atoms with E-state index in [1.54, 1.807) is 35.0 Å². The van der Waals surface area contributed by atoms with Crippen molar-refractivity contribution < 1.29 is 19.1 Å². The van der Waals surface area contributed by atoms with E-state index in [4.69, 9.17) is 0 Å². The van der Waals surface area contributed by atoms with Crippen LogP contribution in [-0.4, -0.2) is 34.6 Å². The molecule has 0 aliphatic heterocycles. The van der Waals surface area contributed by atoms with E-state index in [9.17, 15) is 19.6 Å². The van der Waals surface area contributed by atoms with Gasteiger partial charge in [0.1, 0.15) is 16.9 Å². The number of carbonyl (C=O) groups is 3. The molecule has 0 aliphatic carbocycles. The quantitative estimate of drug-likeness (QED) is 0.204. The first-order chi connectivity index (χ1) is 16.8. The Balaban J connectivity index is 2.03. The van der Waals surface area contributed by atoms with E-state index in [-0.39, 0.29) is 16.9 Å². The summed E-state index contributed by atoms with van der Waals surface area (Å²) in [6.45, 7) is 1.97. The summed E-state index contributed by atoms with van der Waals surface area (Å²) in [6, 6.07) is 10.1. The van der Waals surface area contributed by atoms with Crippen LogP contribution < -0.4 is 16.2 Å². The molecular formula is C22H18Br2N6O4S. The number of aromatic nitrogens is 2. The first-order valence-electron chi connectivity index (χ1n) is 9.97. The number of hydrazine groups is 1. The summed E-state index contributed by atoms with van der Waals surface area (Å²) < 4.78 is 7.03. The number of nitriles is 1. The Hall–Kier alpha value is -3.34.